The number of aliphatic hydroxyl groups is 1. The fourth-order valence-electron chi connectivity index (χ4n) is 2.75. The molecule has 0 spiro atoms. The molecule has 2 nitrogen and oxygen atoms in total. The standard InChI is InChI=1S/C14H22O2/c1-13(2,3)11-6-8-14(15,9-7-11)12-5-4-10-16-12/h4-5,10-11,15H,6-9H2,1-3H3. The van der Waals surface area contributed by atoms with E-state index < -0.39 is 5.60 Å². The molecule has 1 fully saturated rings. The molecule has 0 unspecified atom stereocenters. The maximum Gasteiger partial charge on any atom is 0.135 e. The first-order valence-corrected chi connectivity index (χ1v) is 6.18. The molecule has 0 radical (unpaired) electrons. The van der Waals surface area contributed by atoms with Crippen LogP contribution in [0, 0.1) is 11.3 Å². The number of furan rings is 1. The van der Waals surface area contributed by atoms with Crippen LogP contribution in [-0.2, 0) is 5.60 Å². The van der Waals surface area contributed by atoms with Gasteiger partial charge in [0.05, 0.1) is 6.26 Å². The van der Waals surface area contributed by atoms with Crippen LogP contribution in [0.3, 0.4) is 0 Å². The van der Waals surface area contributed by atoms with Gasteiger partial charge in [-0.15, -0.1) is 0 Å². The first-order valence-electron chi connectivity index (χ1n) is 6.18. The third-order valence-electron chi connectivity index (χ3n) is 4.02. The van der Waals surface area contributed by atoms with Crippen molar-refractivity contribution in [2.24, 2.45) is 11.3 Å². The van der Waals surface area contributed by atoms with Gasteiger partial charge in [0.25, 0.3) is 0 Å². The van der Waals surface area contributed by atoms with Gasteiger partial charge in [-0.2, -0.15) is 0 Å². The average Bonchev–Trinajstić information content (AvgIpc) is 2.70. The molecule has 90 valence electrons. The highest BCUT2D eigenvalue weighted by Crippen LogP contribution is 2.45. The number of hydrogen-bond acceptors (Lipinski definition) is 2. The fourth-order valence-corrected chi connectivity index (χ4v) is 2.75. The average molecular weight is 222 g/mol. The second-order valence-corrected chi connectivity index (χ2v) is 6.15. The van der Waals surface area contributed by atoms with Crippen LogP contribution in [0.2, 0.25) is 0 Å². The van der Waals surface area contributed by atoms with Crippen molar-refractivity contribution in [1.82, 2.24) is 0 Å². The molecule has 0 bridgehead atoms. The second kappa shape index (κ2) is 3.92. The largest absolute Gasteiger partial charge is 0.466 e. The summed E-state index contributed by atoms with van der Waals surface area (Å²) in [5.41, 5.74) is -0.365. The van der Waals surface area contributed by atoms with Crippen molar-refractivity contribution in [1.29, 1.82) is 0 Å². The van der Waals surface area contributed by atoms with E-state index in [0.29, 0.717) is 11.3 Å². The maximum absolute atomic E-state index is 10.5. The van der Waals surface area contributed by atoms with Gasteiger partial charge in [-0.3, -0.25) is 0 Å². The van der Waals surface area contributed by atoms with Crippen molar-refractivity contribution in [3.8, 4) is 0 Å². The molecule has 0 atom stereocenters. The van der Waals surface area contributed by atoms with Crippen LogP contribution in [0.1, 0.15) is 52.2 Å². The van der Waals surface area contributed by atoms with Crippen LogP contribution >= 0.6 is 0 Å². The minimum atomic E-state index is -0.717. The monoisotopic (exact) mass is 222 g/mol. The van der Waals surface area contributed by atoms with E-state index in [1.54, 1.807) is 6.26 Å². The van der Waals surface area contributed by atoms with E-state index >= 15 is 0 Å². The highest BCUT2D eigenvalue weighted by Gasteiger charge is 2.39. The zero-order valence-electron chi connectivity index (χ0n) is 10.5. The molecular weight excluding hydrogens is 200 g/mol. The van der Waals surface area contributed by atoms with E-state index in [0.717, 1.165) is 31.4 Å². The summed E-state index contributed by atoms with van der Waals surface area (Å²) in [6, 6.07) is 3.74. The van der Waals surface area contributed by atoms with Gasteiger partial charge in [-0.25, -0.2) is 0 Å². The summed E-state index contributed by atoms with van der Waals surface area (Å²) in [5, 5.41) is 10.5. The molecule has 1 aromatic rings. The Morgan fingerprint density at radius 2 is 1.94 bits per heavy atom. The van der Waals surface area contributed by atoms with Crippen molar-refractivity contribution in [2.45, 2.75) is 52.1 Å². The van der Waals surface area contributed by atoms with Gasteiger partial charge in [-0.1, -0.05) is 20.8 Å². The lowest BCUT2D eigenvalue weighted by Crippen LogP contribution is -2.35. The quantitative estimate of drug-likeness (QED) is 0.786. The minimum absolute atomic E-state index is 0.352. The summed E-state index contributed by atoms with van der Waals surface area (Å²) in [4.78, 5) is 0. The van der Waals surface area contributed by atoms with E-state index in [-0.39, 0.29) is 0 Å². The Morgan fingerprint density at radius 1 is 1.31 bits per heavy atom. The molecule has 0 aromatic carbocycles. The van der Waals surface area contributed by atoms with Gasteiger partial charge in [0, 0.05) is 0 Å². The summed E-state index contributed by atoms with van der Waals surface area (Å²) in [6.07, 6.45) is 5.45. The fraction of sp³-hybridized carbons (Fsp3) is 0.714. The Hall–Kier alpha value is -0.760. The van der Waals surface area contributed by atoms with Crippen molar-refractivity contribution in [2.75, 3.05) is 0 Å². The lowest BCUT2D eigenvalue weighted by molar-refractivity contribution is -0.0454. The Balaban J connectivity index is 2.05. The molecule has 2 heteroatoms. The van der Waals surface area contributed by atoms with Gasteiger partial charge in [0.15, 0.2) is 0 Å². The summed E-state index contributed by atoms with van der Waals surface area (Å²) in [7, 11) is 0. The first kappa shape index (κ1) is 11.7. The van der Waals surface area contributed by atoms with Crippen LogP contribution in [0.4, 0.5) is 0 Å². The highest BCUT2D eigenvalue weighted by molar-refractivity contribution is 5.10. The molecule has 0 saturated heterocycles. The molecule has 1 aromatic heterocycles. The van der Waals surface area contributed by atoms with Gasteiger partial charge in [-0.05, 0) is 49.1 Å². The maximum atomic E-state index is 10.5. The van der Waals surface area contributed by atoms with Crippen LogP contribution in [0.15, 0.2) is 22.8 Å². The van der Waals surface area contributed by atoms with E-state index in [1.165, 1.54) is 0 Å². The highest BCUT2D eigenvalue weighted by atomic mass is 16.4. The molecule has 1 aliphatic rings. The van der Waals surface area contributed by atoms with Crippen LogP contribution < -0.4 is 0 Å². The molecule has 0 amide bonds. The van der Waals surface area contributed by atoms with Crippen molar-refractivity contribution in [3.05, 3.63) is 24.2 Å². The van der Waals surface area contributed by atoms with Gasteiger partial charge in [0.1, 0.15) is 11.4 Å². The molecule has 16 heavy (non-hydrogen) atoms. The van der Waals surface area contributed by atoms with Crippen molar-refractivity contribution < 1.29 is 9.52 Å². The third kappa shape index (κ3) is 2.17. The van der Waals surface area contributed by atoms with Crippen LogP contribution in [0.25, 0.3) is 0 Å². The Labute approximate surface area is 97.7 Å². The molecule has 1 N–H and O–H groups in total. The molecule has 1 heterocycles. The minimum Gasteiger partial charge on any atom is -0.466 e. The summed E-state index contributed by atoms with van der Waals surface area (Å²) < 4.78 is 5.35. The summed E-state index contributed by atoms with van der Waals surface area (Å²) >= 11 is 0. The zero-order chi connectivity index (χ0) is 11.8. The number of rotatable bonds is 1. The van der Waals surface area contributed by atoms with E-state index in [4.69, 9.17) is 4.42 Å². The third-order valence-corrected chi connectivity index (χ3v) is 4.02. The van der Waals surface area contributed by atoms with Gasteiger partial charge in [0.2, 0.25) is 0 Å². The smallest absolute Gasteiger partial charge is 0.135 e. The molecule has 1 saturated carbocycles. The molecule has 2 rings (SSSR count). The predicted octanol–water partition coefficient (Wildman–Crippen LogP) is 3.70. The van der Waals surface area contributed by atoms with E-state index in [2.05, 4.69) is 20.8 Å². The summed E-state index contributed by atoms with van der Waals surface area (Å²) in [6.45, 7) is 6.86. The lowest BCUT2D eigenvalue weighted by Gasteiger charge is -2.40. The first-order chi connectivity index (χ1) is 7.42. The SMILES string of the molecule is CC(C)(C)C1CCC(O)(c2ccco2)CC1. The van der Waals surface area contributed by atoms with E-state index in [1.807, 2.05) is 12.1 Å². The normalized spacial score (nSPS) is 31.6. The predicted molar refractivity (Wildman–Crippen MR) is 64.0 cm³/mol. The Morgan fingerprint density at radius 3 is 2.38 bits per heavy atom. The van der Waals surface area contributed by atoms with E-state index in [9.17, 15) is 5.11 Å². The topological polar surface area (TPSA) is 33.4 Å². The van der Waals surface area contributed by atoms with Gasteiger partial charge >= 0.3 is 0 Å². The molecule has 0 aliphatic heterocycles. The summed E-state index contributed by atoms with van der Waals surface area (Å²) in [5.74, 6) is 1.45. The van der Waals surface area contributed by atoms with Crippen LogP contribution in [0.5, 0.6) is 0 Å². The van der Waals surface area contributed by atoms with Gasteiger partial charge < -0.3 is 9.52 Å². The Bertz CT molecular complexity index is 324. The van der Waals surface area contributed by atoms with Crippen LogP contribution in [-0.4, -0.2) is 5.11 Å². The lowest BCUT2D eigenvalue weighted by atomic mass is 9.68. The second-order valence-electron chi connectivity index (χ2n) is 6.15. The Kier molecular flexibility index (Phi) is 2.87. The molecular formula is C14H22O2. The zero-order valence-corrected chi connectivity index (χ0v) is 10.5. The van der Waals surface area contributed by atoms with Crippen molar-refractivity contribution in [3.63, 3.8) is 0 Å². The van der Waals surface area contributed by atoms with Crippen molar-refractivity contribution >= 4 is 0 Å². The molecule has 1 aliphatic carbocycles. The number of hydrogen-bond donors (Lipinski definition) is 1.